The number of carbonyl (C=O) groups excluding carboxylic acids is 1. The van der Waals surface area contributed by atoms with Gasteiger partial charge >= 0.3 is 0 Å². The van der Waals surface area contributed by atoms with E-state index in [1.807, 2.05) is 14.1 Å². The van der Waals surface area contributed by atoms with E-state index in [0.717, 1.165) is 0 Å². The number of primary amides is 1. The van der Waals surface area contributed by atoms with Gasteiger partial charge in [-0.25, -0.2) is 8.42 Å². The Morgan fingerprint density at radius 1 is 1.44 bits per heavy atom. The first-order valence-corrected chi connectivity index (χ1v) is 6.42. The van der Waals surface area contributed by atoms with Crippen molar-refractivity contribution < 1.29 is 22.2 Å². The molecule has 0 saturated heterocycles. The van der Waals surface area contributed by atoms with Gasteiger partial charge in [0.05, 0.1) is 37.3 Å². The zero-order chi connectivity index (χ0) is 12.8. The Kier molecular flexibility index (Phi) is 5.63. The highest BCUT2D eigenvalue weighted by Gasteiger charge is 2.13. The molecule has 0 aliphatic carbocycles. The van der Waals surface area contributed by atoms with Gasteiger partial charge in [0, 0.05) is 18.2 Å². The van der Waals surface area contributed by atoms with Gasteiger partial charge in [-0.15, -0.1) is 0 Å². The van der Waals surface area contributed by atoms with Gasteiger partial charge in [0.2, 0.25) is 5.91 Å². The molecule has 0 radical (unpaired) electrons. The molecule has 0 aromatic rings. The summed E-state index contributed by atoms with van der Waals surface area (Å²) in [6.45, 7) is 1.10. The van der Waals surface area contributed by atoms with Crippen molar-refractivity contribution in [3.05, 3.63) is 12.2 Å². The predicted molar refractivity (Wildman–Crippen MR) is 59.4 cm³/mol. The second kappa shape index (κ2) is 5.97. The minimum absolute atomic E-state index is 0.309. The standard InChI is InChI=1S/C9H18N2O4S/c1-11(2,6-3-5-9(10)12)7-4-8-16(13,14)15/h3,5H,4,6-8H2,1-2H3,(H2-,10,12,13,14,15). The highest BCUT2D eigenvalue weighted by atomic mass is 32.2. The van der Waals surface area contributed by atoms with Gasteiger partial charge in [0.25, 0.3) is 0 Å². The number of hydrogen-bond acceptors (Lipinski definition) is 4. The van der Waals surface area contributed by atoms with E-state index in [-0.39, 0.29) is 5.75 Å². The van der Waals surface area contributed by atoms with Gasteiger partial charge < -0.3 is 14.8 Å². The van der Waals surface area contributed by atoms with E-state index in [0.29, 0.717) is 24.0 Å². The number of amides is 1. The summed E-state index contributed by atoms with van der Waals surface area (Å²) in [4.78, 5) is 10.4. The molecular formula is C9H18N2O4S. The largest absolute Gasteiger partial charge is 0.748 e. The lowest BCUT2D eigenvalue weighted by Gasteiger charge is -2.28. The monoisotopic (exact) mass is 250 g/mol. The maximum atomic E-state index is 10.4. The summed E-state index contributed by atoms with van der Waals surface area (Å²) in [5.41, 5.74) is 4.93. The first-order valence-electron chi connectivity index (χ1n) is 4.84. The molecule has 0 bridgehead atoms. The Morgan fingerprint density at radius 3 is 2.44 bits per heavy atom. The molecule has 94 valence electrons. The minimum atomic E-state index is -4.13. The van der Waals surface area contributed by atoms with Crippen molar-refractivity contribution in [2.75, 3.05) is 32.9 Å². The molecule has 16 heavy (non-hydrogen) atoms. The Hall–Kier alpha value is -0.920. The van der Waals surface area contributed by atoms with Crippen molar-refractivity contribution in [3.8, 4) is 0 Å². The summed E-state index contributed by atoms with van der Waals surface area (Å²) < 4.78 is 31.6. The second-order valence-electron chi connectivity index (χ2n) is 4.26. The van der Waals surface area contributed by atoms with Crippen molar-refractivity contribution in [2.24, 2.45) is 5.73 Å². The molecule has 0 atom stereocenters. The highest BCUT2D eigenvalue weighted by molar-refractivity contribution is 7.85. The summed E-state index contributed by atoms with van der Waals surface area (Å²) in [5.74, 6) is -0.865. The van der Waals surface area contributed by atoms with Crippen LogP contribution in [0.3, 0.4) is 0 Å². The van der Waals surface area contributed by atoms with E-state index in [1.54, 1.807) is 6.08 Å². The van der Waals surface area contributed by atoms with Crippen molar-refractivity contribution in [1.82, 2.24) is 0 Å². The SMILES string of the molecule is C[N+](C)(CC=CC(N)=O)CCCS(=O)(=O)[O-]. The number of quaternary nitrogens is 1. The Morgan fingerprint density at radius 2 is 2.00 bits per heavy atom. The third-order valence-electron chi connectivity index (χ3n) is 2.04. The number of nitrogens with two attached hydrogens (primary N) is 1. The molecule has 2 N–H and O–H groups in total. The second-order valence-corrected chi connectivity index (χ2v) is 5.79. The molecule has 0 aromatic heterocycles. The van der Waals surface area contributed by atoms with Crippen LogP contribution >= 0.6 is 0 Å². The fraction of sp³-hybridized carbons (Fsp3) is 0.667. The molecule has 0 aliphatic rings. The van der Waals surface area contributed by atoms with Crippen molar-refractivity contribution >= 4 is 16.0 Å². The lowest BCUT2D eigenvalue weighted by atomic mass is 10.3. The molecule has 0 saturated carbocycles. The third-order valence-corrected chi connectivity index (χ3v) is 2.83. The topological polar surface area (TPSA) is 100 Å². The van der Waals surface area contributed by atoms with Gasteiger partial charge in [-0.05, 0) is 6.08 Å². The summed E-state index contributed by atoms with van der Waals surface area (Å²) in [6.07, 6.45) is 3.21. The Balaban J connectivity index is 4.01. The fourth-order valence-electron chi connectivity index (χ4n) is 1.21. The average molecular weight is 250 g/mol. The van der Waals surface area contributed by atoms with E-state index in [9.17, 15) is 17.8 Å². The van der Waals surface area contributed by atoms with Gasteiger partial charge in [0.15, 0.2) is 0 Å². The van der Waals surface area contributed by atoms with Crippen molar-refractivity contribution in [2.45, 2.75) is 6.42 Å². The van der Waals surface area contributed by atoms with Crippen LogP contribution in [0.1, 0.15) is 6.42 Å². The molecule has 0 spiro atoms. The van der Waals surface area contributed by atoms with Crippen LogP contribution in [0, 0.1) is 0 Å². The van der Waals surface area contributed by atoms with Crippen LogP contribution < -0.4 is 5.73 Å². The van der Waals surface area contributed by atoms with E-state index in [4.69, 9.17) is 5.73 Å². The number of hydrogen-bond donors (Lipinski definition) is 1. The Bertz CT molecular complexity index is 360. The van der Waals surface area contributed by atoms with Crippen LogP contribution in [0.5, 0.6) is 0 Å². The molecular weight excluding hydrogens is 232 g/mol. The van der Waals surface area contributed by atoms with E-state index < -0.39 is 16.0 Å². The third kappa shape index (κ3) is 9.63. The van der Waals surface area contributed by atoms with Crippen molar-refractivity contribution in [1.29, 1.82) is 0 Å². The van der Waals surface area contributed by atoms with E-state index in [2.05, 4.69) is 0 Å². The van der Waals surface area contributed by atoms with Crippen LogP contribution in [0.2, 0.25) is 0 Å². The zero-order valence-corrected chi connectivity index (χ0v) is 10.4. The lowest BCUT2D eigenvalue weighted by molar-refractivity contribution is -0.884. The predicted octanol–water partition coefficient (Wildman–Crippen LogP) is -0.960. The average Bonchev–Trinajstić information content (AvgIpc) is 1.99. The van der Waals surface area contributed by atoms with Gasteiger partial charge in [0.1, 0.15) is 0 Å². The quantitative estimate of drug-likeness (QED) is 0.357. The summed E-state index contributed by atoms with van der Waals surface area (Å²) in [7, 11) is -0.377. The van der Waals surface area contributed by atoms with Crippen LogP contribution in [-0.2, 0) is 14.9 Å². The molecule has 0 unspecified atom stereocenters. The normalized spacial score (nSPS) is 13.2. The fourth-order valence-corrected chi connectivity index (χ4v) is 1.70. The molecule has 0 aromatic carbocycles. The van der Waals surface area contributed by atoms with Gasteiger partial charge in [-0.1, -0.05) is 0 Å². The summed E-state index contributed by atoms with van der Waals surface area (Å²) in [6, 6.07) is 0. The Labute approximate surface area is 96.1 Å². The highest BCUT2D eigenvalue weighted by Crippen LogP contribution is 2.01. The number of carbonyl (C=O) groups is 1. The molecule has 7 heteroatoms. The van der Waals surface area contributed by atoms with E-state index >= 15 is 0 Å². The van der Waals surface area contributed by atoms with Crippen LogP contribution in [-0.4, -0.2) is 56.3 Å². The van der Waals surface area contributed by atoms with Crippen LogP contribution in [0.25, 0.3) is 0 Å². The van der Waals surface area contributed by atoms with Gasteiger partial charge in [-0.3, -0.25) is 4.79 Å². The first-order chi connectivity index (χ1) is 7.12. The lowest BCUT2D eigenvalue weighted by Crippen LogP contribution is -2.41. The molecule has 0 aliphatic heterocycles. The molecule has 1 amide bonds. The number of nitrogens with zero attached hydrogens (tertiary/aromatic N) is 1. The first kappa shape index (κ1) is 15.1. The molecule has 0 heterocycles. The van der Waals surface area contributed by atoms with Crippen molar-refractivity contribution in [3.63, 3.8) is 0 Å². The zero-order valence-electron chi connectivity index (χ0n) is 9.55. The smallest absolute Gasteiger partial charge is 0.241 e. The maximum absolute atomic E-state index is 10.4. The molecule has 0 fully saturated rings. The summed E-state index contributed by atoms with van der Waals surface area (Å²) in [5, 5.41) is 0. The maximum Gasteiger partial charge on any atom is 0.241 e. The molecule has 6 nitrogen and oxygen atoms in total. The van der Waals surface area contributed by atoms with Crippen LogP contribution in [0.15, 0.2) is 12.2 Å². The minimum Gasteiger partial charge on any atom is -0.748 e. The summed E-state index contributed by atoms with van der Waals surface area (Å²) >= 11 is 0. The van der Waals surface area contributed by atoms with E-state index in [1.165, 1.54) is 6.08 Å². The number of likely N-dealkylation sites (N-methyl/N-ethyl adjacent to an activating group) is 1. The van der Waals surface area contributed by atoms with Gasteiger partial charge in [-0.2, -0.15) is 0 Å². The van der Waals surface area contributed by atoms with Crippen LogP contribution in [0.4, 0.5) is 0 Å². The molecule has 0 rings (SSSR count). The number of rotatable bonds is 7.